The van der Waals surface area contributed by atoms with Gasteiger partial charge in [-0.1, -0.05) is 35.9 Å². The minimum absolute atomic E-state index is 0.0676. The molecule has 0 amide bonds. The fourth-order valence-corrected chi connectivity index (χ4v) is 4.75. The zero-order chi connectivity index (χ0) is 15.0. The van der Waals surface area contributed by atoms with Crippen molar-refractivity contribution in [3.05, 3.63) is 66.9 Å². The topological polar surface area (TPSA) is 12.0 Å². The van der Waals surface area contributed by atoms with Crippen molar-refractivity contribution in [2.45, 2.75) is 6.04 Å². The normalized spacial score (nSPS) is 12.8. The number of fused-ring (bicyclic) bond motifs is 1. The summed E-state index contributed by atoms with van der Waals surface area (Å²) in [5.74, 6) is 0. The van der Waals surface area contributed by atoms with Crippen LogP contribution in [0, 0.1) is 0 Å². The summed E-state index contributed by atoms with van der Waals surface area (Å²) in [5.41, 5.74) is 2.33. The third kappa shape index (κ3) is 2.80. The van der Waals surface area contributed by atoms with Crippen molar-refractivity contribution >= 4 is 64.9 Å². The number of nitrogens with one attached hydrogen (secondary N) is 1. The molecule has 108 valence electrons. The van der Waals surface area contributed by atoms with Crippen LogP contribution in [-0.2, 0) is 0 Å². The SMILES string of the molecule is CNC(c1cccc(Br)c1Cl)c1csc2c(Br)cccc12. The lowest BCUT2D eigenvalue weighted by molar-refractivity contribution is 0.698. The van der Waals surface area contributed by atoms with E-state index in [2.05, 4.69) is 66.8 Å². The summed E-state index contributed by atoms with van der Waals surface area (Å²) >= 11 is 15.3. The Morgan fingerprint density at radius 3 is 2.52 bits per heavy atom. The smallest absolute Gasteiger partial charge is 0.0603 e. The second kappa shape index (κ2) is 6.39. The van der Waals surface area contributed by atoms with Crippen LogP contribution in [0.1, 0.15) is 17.2 Å². The molecule has 3 aromatic rings. The number of thiophene rings is 1. The quantitative estimate of drug-likeness (QED) is 0.493. The highest BCUT2D eigenvalue weighted by atomic mass is 79.9. The third-order valence-corrected chi connectivity index (χ3v) is 6.76. The van der Waals surface area contributed by atoms with Gasteiger partial charge in [0.15, 0.2) is 0 Å². The molecular weight excluding hydrogens is 434 g/mol. The van der Waals surface area contributed by atoms with Gasteiger partial charge in [0.05, 0.1) is 11.1 Å². The Balaban J connectivity index is 2.19. The van der Waals surface area contributed by atoms with Crippen LogP contribution < -0.4 is 5.32 Å². The van der Waals surface area contributed by atoms with E-state index in [9.17, 15) is 0 Å². The molecule has 5 heteroatoms. The van der Waals surface area contributed by atoms with Crippen molar-refractivity contribution in [2.24, 2.45) is 0 Å². The maximum absolute atomic E-state index is 6.47. The van der Waals surface area contributed by atoms with Crippen LogP contribution in [0.5, 0.6) is 0 Å². The molecule has 0 radical (unpaired) electrons. The van der Waals surface area contributed by atoms with Crippen molar-refractivity contribution < 1.29 is 0 Å². The number of halogens is 3. The number of hydrogen-bond acceptors (Lipinski definition) is 2. The summed E-state index contributed by atoms with van der Waals surface area (Å²) < 4.78 is 3.31. The molecule has 0 aliphatic rings. The van der Waals surface area contributed by atoms with Crippen LogP contribution in [0.25, 0.3) is 10.1 Å². The van der Waals surface area contributed by atoms with Gasteiger partial charge in [0.25, 0.3) is 0 Å². The van der Waals surface area contributed by atoms with Gasteiger partial charge in [0, 0.05) is 13.6 Å². The molecule has 1 unspecified atom stereocenters. The molecule has 3 rings (SSSR count). The lowest BCUT2D eigenvalue weighted by Gasteiger charge is -2.18. The van der Waals surface area contributed by atoms with E-state index in [4.69, 9.17) is 11.6 Å². The Hall–Kier alpha value is -0.390. The molecule has 1 nitrogen and oxygen atoms in total. The summed E-state index contributed by atoms with van der Waals surface area (Å²) in [6.45, 7) is 0. The van der Waals surface area contributed by atoms with Crippen LogP contribution in [0.2, 0.25) is 5.02 Å². The molecule has 0 fully saturated rings. The van der Waals surface area contributed by atoms with E-state index < -0.39 is 0 Å². The highest BCUT2D eigenvalue weighted by molar-refractivity contribution is 9.11. The zero-order valence-corrected chi connectivity index (χ0v) is 15.9. The molecule has 1 aromatic heterocycles. The van der Waals surface area contributed by atoms with Crippen molar-refractivity contribution in [3.8, 4) is 0 Å². The lowest BCUT2D eigenvalue weighted by atomic mass is 9.98. The minimum Gasteiger partial charge on any atom is -0.309 e. The predicted octanol–water partition coefficient (Wildman–Crippen LogP) is 6.39. The first-order chi connectivity index (χ1) is 10.1. The van der Waals surface area contributed by atoms with Crippen molar-refractivity contribution in [1.29, 1.82) is 0 Å². The predicted molar refractivity (Wildman–Crippen MR) is 99.6 cm³/mol. The van der Waals surface area contributed by atoms with Crippen LogP contribution in [0.15, 0.2) is 50.7 Å². The first-order valence-corrected chi connectivity index (χ1v) is 9.24. The van der Waals surface area contributed by atoms with Crippen molar-refractivity contribution in [1.82, 2.24) is 5.32 Å². The Morgan fingerprint density at radius 2 is 1.76 bits per heavy atom. The zero-order valence-electron chi connectivity index (χ0n) is 11.2. The Morgan fingerprint density at radius 1 is 1.05 bits per heavy atom. The van der Waals surface area contributed by atoms with Gasteiger partial charge in [0.1, 0.15) is 0 Å². The van der Waals surface area contributed by atoms with E-state index in [1.54, 1.807) is 11.3 Å². The fraction of sp³-hybridized carbons (Fsp3) is 0.125. The van der Waals surface area contributed by atoms with Crippen LogP contribution >= 0.6 is 54.8 Å². The molecule has 1 N–H and O–H groups in total. The lowest BCUT2D eigenvalue weighted by Crippen LogP contribution is -2.17. The summed E-state index contributed by atoms with van der Waals surface area (Å²) in [7, 11) is 1.96. The third-order valence-electron chi connectivity index (χ3n) is 3.47. The molecule has 1 heterocycles. The Bertz CT molecular complexity index is 800. The summed E-state index contributed by atoms with van der Waals surface area (Å²) in [6.07, 6.45) is 0. The molecule has 0 saturated carbocycles. The van der Waals surface area contributed by atoms with E-state index in [0.717, 1.165) is 19.5 Å². The maximum atomic E-state index is 6.47. The van der Waals surface area contributed by atoms with E-state index in [1.807, 2.05) is 19.2 Å². The van der Waals surface area contributed by atoms with E-state index in [1.165, 1.54) is 15.6 Å². The average Bonchev–Trinajstić information content (AvgIpc) is 2.90. The van der Waals surface area contributed by atoms with E-state index in [-0.39, 0.29) is 6.04 Å². The fourth-order valence-electron chi connectivity index (χ4n) is 2.49. The summed E-state index contributed by atoms with van der Waals surface area (Å²) in [4.78, 5) is 0. The van der Waals surface area contributed by atoms with Gasteiger partial charge in [0.2, 0.25) is 0 Å². The Labute approximate surface area is 149 Å². The van der Waals surface area contributed by atoms with Crippen LogP contribution in [0.3, 0.4) is 0 Å². The summed E-state index contributed by atoms with van der Waals surface area (Å²) in [6, 6.07) is 12.4. The Kier molecular flexibility index (Phi) is 4.71. The number of benzene rings is 2. The van der Waals surface area contributed by atoms with Gasteiger partial charge in [-0.25, -0.2) is 0 Å². The first-order valence-electron chi connectivity index (χ1n) is 6.40. The highest BCUT2D eigenvalue weighted by Gasteiger charge is 2.20. The first kappa shape index (κ1) is 15.5. The van der Waals surface area contributed by atoms with Crippen LogP contribution in [0.4, 0.5) is 0 Å². The van der Waals surface area contributed by atoms with Gasteiger partial charge in [-0.3, -0.25) is 0 Å². The van der Waals surface area contributed by atoms with Gasteiger partial charge in [-0.15, -0.1) is 11.3 Å². The standard InChI is InChI=1S/C16H12Br2ClNS/c1-20-15(10-5-3-6-12(17)14(10)19)11-8-21-16-9(11)4-2-7-13(16)18/h2-8,15,20H,1H3. The van der Waals surface area contributed by atoms with Gasteiger partial charge in [-0.2, -0.15) is 0 Å². The van der Waals surface area contributed by atoms with Gasteiger partial charge >= 0.3 is 0 Å². The second-order valence-electron chi connectivity index (χ2n) is 4.67. The summed E-state index contributed by atoms with van der Waals surface area (Å²) in [5, 5.41) is 7.60. The van der Waals surface area contributed by atoms with E-state index >= 15 is 0 Å². The van der Waals surface area contributed by atoms with Crippen LogP contribution in [-0.4, -0.2) is 7.05 Å². The average molecular weight is 446 g/mol. The van der Waals surface area contributed by atoms with Gasteiger partial charge in [-0.05, 0) is 72.9 Å². The molecule has 0 spiro atoms. The second-order valence-corrected chi connectivity index (χ2v) is 7.64. The molecule has 2 aromatic carbocycles. The number of hydrogen-bond donors (Lipinski definition) is 1. The molecule has 1 atom stereocenters. The van der Waals surface area contributed by atoms with Gasteiger partial charge < -0.3 is 5.32 Å². The van der Waals surface area contributed by atoms with E-state index in [0.29, 0.717) is 0 Å². The highest BCUT2D eigenvalue weighted by Crippen LogP contribution is 2.40. The number of rotatable bonds is 3. The molecule has 0 bridgehead atoms. The molecular formula is C16H12Br2ClNS. The molecule has 0 aliphatic carbocycles. The maximum Gasteiger partial charge on any atom is 0.0603 e. The van der Waals surface area contributed by atoms with Crippen molar-refractivity contribution in [2.75, 3.05) is 7.05 Å². The molecule has 21 heavy (non-hydrogen) atoms. The molecule has 0 saturated heterocycles. The molecule has 0 aliphatic heterocycles. The monoisotopic (exact) mass is 443 g/mol. The van der Waals surface area contributed by atoms with Crippen molar-refractivity contribution in [3.63, 3.8) is 0 Å². The minimum atomic E-state index is 0.0676. The largest absolute Gasteiger partial charge is 0.309 e.